The molecule has 0 amide bonds. The second kappa shape index (κ2) is 46.8. The van der Waals surface area contributed by atoms with Gasteiger partial charge in [-0.2, -0.15) is 0 Å². The molecule has 0 saturated heterocycles. The maximum absolute atomic E-state index is 12.2. The lowest BCUT2D eigenvalue weighted by Gasteiger charge is -2.16. The Morgan fingerprint density at radius 1 is 0.453 bits per heavy atom. The third-order valence-electron chi connectivity index (χ3n) is 10.4. The molecule has 4 nitrogen and oxygen atoms in total. The summed E-state index contributed by atoms with van der Waals surface area (Å²) >= 11 is 0. The van der Waals surface area contributed by atoms with Gasteiger partial charge in [0.1, 0.15) is 6.10 Å². The molecule has 53 heavy (non-hydrogen) atoms. The molecule has 0 aliphatic heterocycles. The molecule has 0 saturated carbocycles. The molecule has 0 aliphatic rings. The third kappa shape index (κ3) is 44.9. The van der Waals surface area contributed by atoms with Crippen molar-refractivity contribution in [2.75, 3.05) is 19.8 Å². The number of carbonyl (C=O) groups excluding carboxylic acids is 1. The molecule has 0 heterocycles. The zero-order valence-electron chi connectivity index (χ0n) is 35.8. The number of hydrogen-bond donors (Lipinski definition) is 1. The van der Waals surface area contributed by atoms with Gasteiger partial charge in [-0.3, -0.25) is 4.79 Å². The van der Waals surface area contributed by atoms with Gasteiger partial charge in [0.15, 0.2) is 0 Å². The van der Waals surface area contributed by atoms with Crippen LogP contribution in [-0.2, 0) is 14.3 Å². The van der Waals surface area contributed by atoms with Gasteiger partial charge in [-0.05, 0) is 70.6 Å². The van der Waals surface area contributed by atoms with Crippen LogP contribution in [0.15, 0.2) is 36.5 Å². The molecule has 0 fully saturated rings. The number of carbonyl (C=O) groups is 1. The van der Waals surface area contributed by atoms with Gasteiger partial charge in [0, 0.05) is 13.0 Å². The molecule has 1 N–H and O–H groups in total. The highest BCUT2D eigenvalue weighted by atomic mass is 16.6. The van der Waals surface area contributed by atoms with Gasteiger partial charge in [0.2, 0.25) is 0 Å². The maximum Gasteiger partial charge on any atom is 0.306 e. The zero-order chi connectivity index (χ0) is 38.4. The number of ether oxygens (including phenoxy) is 2. The number of rotatable bonds is 44. The van der Waals surface area contributed by atoms with Gasteiger partial charge >= 0.3 is 5.97 Å². The molecule has 1 unspecified atom stereocenters. The first-order chi connectivity index (χ1) is 26.2. The van der Waals surface area contributed by atoms with Crippen LogP contribution in [0.5, 0.6) is 0 Å². The van der Waals surface area contributed by atoms with E-state index in [1.54, 1.807) is 0 Å². The minimum atomic E-state index is -0.536. The summed E-state index contributed by atoms with van der Waals surface area (Å²) in [5, 5.41) is 9.63. The summed E-state index contributed by atoms with van der Waals surface area (Å²) in [5.41, 5.74) is 0. The summed E-state index contributed by atoms with van der Waals surface area (Å²) in [7, 11) is 0. The highest BCUT2D eigenvalue weighted by Crippen LogP contribution is 2.14. The average molecular weight is 745 g/mol. The fourth-order valence-electron chi connectivity index (χ4n) is 6.88. The summed E-state index contributed by atoms with van der Waals surface area (Å²) < 4.78 is 11.2. The number of unbranched alkanes of at least 4 members (excludes halogenated alkanes) is 30. The fourth-order valence-corrected chi connectivity index (χ4v) is 6.88. The van der Waals surface area contributed by atoms with Gasteiger partial charge in [0.05, 0.1) is 13.2 Å². The van der Waals surface area contributed by atoms with Crippen molar-refractivity contribution in [3.63, 3.8) is 0 Å². The predicted molar refractivity (Wildman–Crippen MR) is 233 cm³/mol. The van der Waals surface area contributed by atoms with Crippen molar-refractivity contribution < 1.29 is 19.4 Å². The van der Waals surface area contributed by atoms with Crippen LogP contribution < -0.4 is 0 Å². The van der Waals surface area contributed by atoms with Crippen molar-refractivity contribution in [3.05, 3.63) is 36.5 Å². The molecule has 0 bridgehead atoms. The van der Waals surface area contributed by atoms with E-state index in [0.29, 0.717) is 19.6 Å². The maximum atomic E-state index is 12.2. The van der Waals surface area contributed by atoms with Crippen LogP contribution >= 0.6 is 0 Å². The Morgan fingerprint density at radius 3 is 1.19 bits per heavy atom. The van der Waals surface area contributed by atoms with Gasteiger partial charge in [-0.25, -0.2) is 0 Å². The Kier molecular flexibility index (Phi) is 45.5. The highest BCUT2D eigenvalue weighted by molar-refractivity contribution is 5.69. The SMILES string of the molecule is CCCCCCC/C=C\C/C=C\CCCCCCCCCCCC(=O)OC(CO)COCCCCCCCCCCCC/C=C\CCCCCCCC. The molecule has 0 radical (unpaired) electrons. The topological polar surface area (TPSA) is 55.8 Å². The first-order valence-corrected chi connectivity index (χ1v) is 23.6. The zero-order valence-corrected chi connectivity index (χ0v) is 35.8. The summed E-state index contributed by atoms with van der Waals surface area (Å²) in [5.74, 6) is -0.203. The summed E-state index contributed by atoms with van der Waals surface area (Å²) in [6.07, 6.45) is 59.3. The van der Waals surface area contributed by atoms with Crippen LogP contribution in [0.2, 0.25) is 0 Å². The lowest BCUT2D eigenvalue weighted by molar-refractivity contribution is -0.154. The molecule has 0 spiro atoms. The monoisotopic (exact) mass is 745 g/mol. The average Bonchev–Trinajstić information content (AvgIpc) is 3.16. The van der Waals surface area contributed by atoms with Crippen LogP contribution in [-0.4, -0.2) is 37.0 Å². The van der Waals surface area contributed by atoms with Crippen LogP contribution in [0.25, 0.3) is 0 Å². The van der Waals surface area contributed by atoms with Gasteiger partial charge in [-0.15, -0.1) is 0 Å². The van der Waals surface area contributed by atoms with E-state index in [1.807, 2.05) is 0 Å². The Hall–Kier alpha value is -1.39. The molecular weight excluding hydrogens is 653 g/mol. The number of aliphatic hydroxyl groups is 1. The smallest absolute Gasteiger partial charge is 0.306 e. The molecule has 0 aromatic heterocycles. The molecule has 312 valence electrons. The lowest BCUT2D eigenvalue weighted by Crippen LogP contribution is -2.27. The van der Waals surface area contributed by atoms with Gasteiger partial charge in [-0.1, -0.05) is 204 Å². The normalized spacial score (nSPS) is 12.6. The highest BCUT2D eigenvalue weighted by Gasteiger charge is 2.13. The van der Waals surface area contributed by atoms with E-state index in [0.717, 1.165) is 25.7 Å². The molecular formula is C49H92O4. The van der Waals surface area contributed by atoms with E-state index in [1.165, 1.54) is 199 Å². The standard InChI is InChI=1S/C49H92O4/c1-3-5-7-9-11-13-15-17-19-21-23-25-26-28-30-32-34-36-38-40-42-44-49(51)53-48(46-50)47-52-45-43-41-39-37-35-33-31-29-27-24-22-20-18-16-14-12-10-8-6-4-2/h15,17-18,20-21,23,48,50H,3-14,16,19,22,24-47H2,1-2H3/b17-15-,20-18-,23-21-. The first kappa shape index (κ1) is 51.6. The Bertz CT molecular complexity index is 787. The third-order valence-corrected chi connectivity index (χ3v) is 10.4. The molecule has 4 heteroatoms. The van der Waals surface area contributed by atoms with Crippen molar-refractivity contribution in [1.29, 1.82) is 0 Å². The van der Waals surface area contributed by atoms with Crippen molar-refractivity contribution in [2.24, 2.45) is 0 Å². The van der Waals surface area contributed by atoms with Crippen molar-refractivity contribution in [2.45, 2.75) is 251 Å². The van der Waals surface area contributed by atoms with E-state index in [4.69, 9.17) is 9.47 Å². The van der Waals surface area contributed by atoms with Crippen LogP contribution in [0.4, 0.5) is 0 Å². The summed E-state index contributed by atoms with van der Waals surface area (Å²) in [6, 6.07) is 0. The summed E-state index contributed by atoms with van der Waals surface area (Å²) in [6.45, 7) is 5.35. The summed E-state index contributed by atoms with van der Waals surface area (Å²) in [4.78, 5) is 12.2. The molecule has 0 rings (SSSR count). The van der Waals surface area contributed by atoms with E-state index in [2.05, 4.69) is 50.3 Å². The molecule has 1 atom stereocenters. The quantitative estimate of drug-likeness (QED) is 0.0383. The van der Waals surface area contributed by atoms with Crippen LogP contribution in [0.1, 0.15) is 245 Å². The van der Waals surface area contributed by atoms with E-state index in [-0.39, 0.29) is 12.6 Å². The Morgan fingerprint density at radius 2 is 0.792 bits per heavy atom. The van der Waals surface area contributed by atoms with Crippen molar-refractivity contribution in [1.82, 2.24) is 0 Å². The van der Waals surface area contributed by atoms with Crippen molar-refractivity contribution >= 4 is 5.97 Å². The number of hydrogen-bond acceptors (Lipinski definition) is 4. The van der Waals surface area contributed by atoms with Crippen LogP contribution in [0.3, 0.4) is 0 Å². The van der Waals surface area contributed by atoms with Gasteiger partial charge in [0.25, 0.3) is 0 Å². The van der Waals surface area contributed by atoms with E-state index in [9.17, 15) is 9.90 Å². The Labute approximate surface area is 331 Å². The lowest BCUT2D eigenvalue weighted by atomic mass is 10.1. The van der Waals surface area contributed by atoms with Crippen LogP contribution in [0, 0.1) is 0 Å². The minimum absolute atomic E-state index is 0.172. The second-order valence-corrected chi connectivity index (χ2v) is 15.8. The van der Waals surface area contributed by atoms with Gasteiger partial charge < -0.3 is 14.6 Å². The number of esters is 1. The predicted octanol–water partition coefficient (Wildman–Crippen LogP) is 15.7. The molecule has 0 aromatic rings. The number of aliphatic hydroxyl groups excluding tert-OH is 1. The van der Waals surface area contributed by atoms with E-state index >= 15 is 0 Å². The Balaban J connectivity index is 3.41. The minimum Gasteiger partial charge on any atom is -0.457 e. The number of allylic oxidation sites excluding steroid dienone is 6. The first-order valence-electron chi connectivity index (χ1n) is 23.6. The molecule has 0 aromatic carbocycles. The largest absolute Gasteiger partial charge is 0.457 e. The van der Waals surface area contributed by atoms with Crippen molar-refractivity contribution in [3.8, 4) is 0 Å². The van der Waals surface area contributed by atoms with E-state index < -0.39 is 6.10 Å². The molecule has 0 aliphatic carbocycles. The fraction of sp³-hybridized carbons (Fsp3) is 0.857. The second-order valence-electron chi connectivity index (χ2n) is 15.8.